The molecule has 3 aliphatic rings. The minimum atomic E-state index is 0.372. The van der Waals surface area contributed by atoms with Gasteiger partial charge in [-0.05, 0) is 52.2 Å². The van der Waals surface area contributed by atoms with E-state index in [-0.39, 0.29) is 0 Å². The number of likely N-dealkylation sites (N-methyl/N-ethyl adjacent to an activating group) is 1. The van der Waals surface area contributed by atoms with Crippen LogP contribution in [0, 0.1) is 6.92 Å². The lowest BCUT2D eigenvalue weighted by Gasteiger charge is -2.39. The Morgan fingerprint density at radius 3 is 2.77 bits per heavy atom. The van der Waals surface area contributed by atoms with Crippen LogP contribution in [0.5, 0.6) is 0 Å². The summed E-state index contributed by atoms with van der Waals surface area (Å²) in [6.07, 6.45) is 11.7. The van der Waals surface area contributed by atoms with E-state index in [1.807, 2.05) is 6.92 Å². The summed E-state index contributed by atoms with van der Waals surface area (Å²) in [5.74, 6) is 1.42. The zero-order valence-electron chi connectivity index (χ0n) is 13.7. The predicted octanol–water partition coefficient (Wildman–Crippen LogP) is 4.14. The van der Waals surface area contributed by atoms with Gasteiger partial charge in [0.25, 0.3) is 0 Å². The highest BCUT2D eigenvalue weighted by Crippen LogP contribution is 2.48. The summed E-state index contributed by atoms with van der Waals surface area (Å²) in [6, 6.07) is 3.40. The van der Waals surface area contributed by atoms with Crippen molar-refractivity contribution in [2.45, 2.75) is 57.5 Å². The van der Waals surface area contributed by atoms with Gasteiger partial charge < -0.3 is 4.52 Å². The number of allylic oxidation sites excluding steroid dienone is 5. The lowest BCUT2D eigenvalue weighted by molar-refractivity contribution is 0.175. The Kier molecular flexibility index (Phi) is 3.33. The van der Waals surface area contributed by atoms with Crippen molar-refractivity contribution in [1.29, 1.82) is 0 Å². The van der Waals surface area contributed by atoms with Crippen molar-refractivity contribution in [3.63, 3.8) is 0 Å². The van der Waals surface area contributed by atoms with Gasteiger partial charge in [0.1, 0.15) is 5.76 Å². The predicted molar refractivity (Wildman–Crippen MR) is 87.7 cm³/mol. The highest BCUT2D eigenvalue weighted by atomic mass is 16.5. The normalized spacial score (nSPS) is 35.0. The molecule has 116 valence electrons. The smallest absolute Gasteiger partial charge is 0.145 e. The van der Waals surface area contributed by atoms with Crippen molar-refractivity contribution >= 4 is 0 Å². The van der Waals surface area contributed by atoms with Gasteiger partial charge in [0.15, 0.2) is 0 Å². The highest BCUT2D eigenvalue weighted by molar-refractivity contribution is 5.43. The summed E-state index contributed by atoms with van der Waals surface area (Å²) in [6.45, 7) is 4.18. The third kappa shape index (κ3) is 2.19. The van der Waals surface area contributed by atoms with E-state index in [0.717, 1.165) is 17.9 Å². The Labute approximate surface area is 132 Å². The van der Waals surface area contributed by atoms with Crippen LogP contribution in [0.2, 0.25) is 0 Å². The van der Waals surface area contributed by atoms with Crippen LogP contribution < -0.4 is 0 Å². The van der Waals surface area contributed by atoms with E-state index >= 15 is 0 Å². The lowest BCUT2D eigenvalue weighted by atomic mass is 9.79. The third-order valence-electron chi connectivity index (χ3n) is 5.67. The van der Waals surface area contributed by atoms with E-state index in [2.05, 4.69) is 48.3 Å². The molecular weight excluding hydrogens is 272 g/mol. The van der Waals surface area contributed by atoms with Crippen LogP contribution in [0.25, 0.3) is 0 Å². The molecule has 1 aromatic heterocycles. The monoisotopic (exact) mass is 296 g/mol. The Balaban J connectivity index is 1.79. The largest absolute Gasteiger partial charge is 0.360 e. The maximum absolute atomic E-state index is 5.69. The second-order valence-electron chi connectivity index (χ2n) is 7.05. The standard InChI is InChI=1S/C19H24N2O/c1-12-4-6-14(7-5-12)16-11-15-8-9-17(21(15)3)19(16)18-10-13(2)20-22-18/h4-6,10,15,17,19H,7-9,11H2,1-3H3/b16-14-. The lowest BCUT2D eigenvalue weighted by Crippen LogP contribution is -2.42. The summed E-state index contributed by atoms with van der Waals surface area (Å²) in [7, 11) is 2.28. The summed E-state index contributed by atoms with van der Waals surface area (Å²) < 4.78 is 5.69. The number of nitrogens with zero attached hydrogens (tertiary/aromatic N) is 2. The van der Waals surface area contributed by atoms with Crippen molar-refractivity contribution in [2.24, 2.45) is 0 Å². The van der Waals surface area contributed by atoms with Gasteiger partial charge in [0, 0.05) is 18.2 Å². The van der Waals surface area contributed by atoms with Gasteiger partial charge in [-0.1, -0.05) is 34.5 Å². The van der Waals surface area contributed by atoms with E-state index in [1.165, 1.54) is 30.4 Å². The van der Waals surface area contributed by atoms with Crippen molar-refractivity contribution in [2.75, 3.05) is 7.05 Å². The fourth-order valence-electron chi connectivity index (χ4n) is 4.40. The summed E-state index contributed by atoms with van der Waals surface area (Å²) >= 11 is 0. The molecule has 2 bridgehead atoms. The number of aromatic nitrogens is 1. The molecule has 0 spiro atoms. The number of piperidine rings is 1. The van der Waals surface area contributed by atoms with Gasteiger partial charge in [-0.15, -0.1) is 0 Å². The highest BCUT2D eigenvalue weighted by Gasteiger charge is 2.45. The number of rotatable bonds is 1. The third-order valence-corrected chi connectivity index (χ3v) is 5.67. The molecule has 0 N–H and O–H groups in total. The molecule has 1 aliphatic carbocycles. The van der Waals surface area contributed by atoms with E-state index in [1.54, 1.807) is 5.57 Å². The van der Waals surface area contributed by atoms with Gasteiger partial charge in [0.2, 0.25) is 0 Å². The molecule has 3 nitrogen and oxygen atoms in total. The van der Waals surface area contributed by atoms with E-state index in [0.29, 0.717) is 18.0 Å². The first-order valence-electron chi connectivity index (χ1n) is 8.35. The Morgan fingerprint density at radius 1 is 1.23 bits per heavy atom. The number of fused-ring (bicyclic) bond motifs is 2. The van der Waals surface area contributed by atoms with E-state index in [9.17, 15) is 0 Å². The molecule has 0 saturated carbocycles. The van der Waals surface area contributed by atoms with Crippen molar-refractivity contribution in [3.8, 4) is 0 Å². The number of hydrogen-bond donors (Lipinski definition) is 0. The van der Waals surface area contributed by atoms with Crippen molar-refractivity contribution < 1.29 is 4.52 Å². The average Bonchev–Trinajstić information content (AvgIpc) is 3.02. The Morgan fingerprint density at radius 2 is 2.09 bits per heavy atom. The van der Waals surface area contributed by atoms with Gasteiger partial charge in [-0.25, -0.2) is 0 Å². The summed E-state index contributed by atoms with van der Waals surface area (Å²) in [4.78, 5) is 2.57. The molecule has 3 unspecified atom stereocenters. The topological polar surface area (TPSA) is 29.3 Å². The fraction of sp³-hybridized carbons (Fsp3) is 0.526. The van der Waals surface area contributed by atoms with E-state index < -0.39 is 0 Å². The van der Waals surface area contributed by atoms with E-state index in [4.69, 9.17) is 4.52 Å². The zero-order chi connectivity index (χ0) is 15.3. The fourth-order valence-corrected chi connectivity index (χ4v) is 4.40. The molecule has 0 radical (unpaired) electrons. The minimum Gasteiger partial charge on any atom is -0.360 e. The van der Waals surface area contributed by atoms with Gasteiger partial charge in [-0.2, -0.15) is 0 Å². The molecule has 1 aromatic rings. The van der Waals surface area contributed by atoms with Crippen LogP contribution in [0.15, 0.2) is 45.5 Å². The molecule has 0 aromatic carbocycles. The maximum Gasteiger partial charge on any atom is 0.145 e. The van der Waals surface area contributed by atoms with Crippen molar-refractivity contribution in [1.82, 2.24) is 10.1 Å². The maximum atomic E-state index is 5.69. The van der Waals surface area contributed by atoms with Crippen LogP contribution in [-0.4, -0.2) is 29.2 Å². The Hall–Kier alpha value is -1.61. The Bertz CT molecular complexity index is 679. The van der Waals surface area contributed by atoms with Gasteiger partial charge in [0.05, 0.1) is 11.6 Å². The molecule has 3 heterocycles. The first-order chi connectivity index (χ1) is 10.6. The van der Waals surface area contributed by atoms with Gasteiger partial charge >= 0.3 is 0 Å². The summed E-state index contributed by atoms with van der Waals surface area (Å²) in [5, 5.41) is 4.14. The number of hydrogen-bond acceptors (Lipinski definition) is 3. The molecular formula is C19H24N2O. The van der Waals surface area contributed by atoms with Gasteiger partial charge in [-0.3, -0.25) is 4.90 Å². The average molecular weight is 296 g/mol. The quantitative estimate of drug-likeness (QED) is 0.780. The molecule has 4 rings (SSSR count). The van der Waals surface area contributed by atoms with Crippen LogP contribution in [0.1, 0.15) is 50.0 Å². The van der Waals surface area contributed by atoms with Crippen molar-refractivity contribution in [3.05, 3.63) is 52.5 Å². The first-order valence-corrected chi connectivity index (χ1v) is 8.35. The minimum absolute atomic E-state index is 0.372. The SMILES string of the molecule is CC1=CC/C(=C2/CC3CCC(C2c2cc(C)no2)N3C)C=C1. The second kappa shape index (κ2) is 5.24. The molecule has 3 heteroatoms. The molecule has 2 fully saturated rings. The molecule has 3 atom stereocenters. The van der Waals surface area contributed by atoms with Crippen LogP contribution in [0.3, 0.4) is 0 Å². The molecule has 2 aliphatic heterocycles. The summed E-state index contributed by atoms with van der Waals surface area (Å²) in [5.41, 5.74) is 5.43. The number of aryl methyl sites for hydroxylation is 1. The first kappa shape index (κ1) is 14.0. The zero-order valence-corrected chi connectivity index (χ0v) is 13.7. The molecule has 0 amide bonds. The molecule has 2 saturated heterocycles. The van der Waals surface area contributed by atoms with Crippen LogP contribution >= 0.6 is 0 Å². The van der Waals surface area contributed by atoms with Crippen LogP contribution in [0.4, 0.5) is 0 Å². The molecule has 22 heavy (non-hydrogen) atoms. The van der Waals surface area contributed by atoms with Crippen LogP contribution in [-0.2, 0) is 0 Å². The second-order valence-corrected chi connectivity index (χ2v) is 7.05.